The number of carboxylic acid groups (broad SMARTS) is 1. The number of nitrogens with one attached hydrogen (secondary N) is 1. The van der Waals surface area contributed by atoms with Crippen LogP contribution >= 0.6 is 0 Å². The largest absolute Gasteiger partial charge is 0.481 e. The first-order valence-corrected chi connectivity index (χ1v) is 10.9. The van der Waals surface area contributed by atoms with Crippen molar-refractivity contribution in [3.8, 4) is 0 Å². The molecule has 6 heteroatoms. The molecule has 1 amide bonds. The van der Waals surface area contributed by atoms with Crippen LogP contribution in [-0.4, -0.2) is 43.2 Å². The molecule has 2 aliphatic rings. The first kappa shape index (κ1) is 21.0. The van der Waals surface area contributed by atoms with E-state index in [9.17, 15) is 14.7 Å². The minimum Gasteiger partial charge on any atom is -0.481 e. The Morgan fingerprint density at radius 2 is 1.48 bits per heavy atom. The Bertz CT molecular complexity index is 962. The van der Waals surface area contributed by atoms with Crippen molar-refractivity contribution in [1.82, 2.24) is 0 Å². The topological polar surface area (TPSA) is 72.9 Å². The van der Waals surface area contributed by atoms with Gasteiger partial charge in [0.25, 0.3) is 0 Å². The molecule has 0 unspecified atom stereocenters. The maximum atomic E-state index is 12.6. The molecule has 31 heavy (non-hydrogen) atoms. The minimum absolute atomic E-state index is 0.226. The lowest BCUT2D eigenvalue weighted by Gasteiger charge is -2.37. The first-order chi connectivity index (χ1) is 15.0. The van der Waals surface area contributed by atoms with Crippen molar-refractivity contribution in [3.05, 3.63) is 66.2 Å². The lowest BCUT2D eigenvalue weighted by molar-refractivity contribution is -0.146. The third-order valence-electron chi connectivity index (χ3n) is 6.23. The predicted octanol–water partition coefficient (Wildman–Crippen LogP) is 3.93. The molecule has 6 nitrogen and oxygen atoms in total. The van der Waals surface area contributed by atoms with Crippen molar-refractivity contribution in [1.29, 1.82) is 0 Å². The molecule has 1 saturated heterocycles. The van der Waals surface area contributed by atoms with Gasteiger partial charge in [0, 0.05) is 43.2 Å². The monoisotopic (exact) mass is 419 g/mol. The molecule has 1 heterocycles. The number of anilines is 3. The highest BCUT2D eigenvalue weighted by molar-refractivity contribution is 5.95. The Morgan fingerprint density at radius 1 is 0.871 bits per heavy atom. The maximum absolute atomic E-state index is 12.6. The van der Waals surface area contributed by atoms with Crippen LogP contribution in [0.4, 0.5) is 17.1 Å². The zero-order valence-corrected chi connectivity index (χ0v) is 17.8. The summed E-state index contributed by atoms with van der Waals surface area (Å²) in [5.74, 6) is -2.33. The first-order valence-electron chi connectivity index (χ1n) is 10.9. The summed E-state index contributed by atoms with van der Waals surface area (Å²) in [7, 11) is 0. The van der Waals surface area contributed by atoms with E-state index in [-0.39, 0.29) is 5.91 Å². The van der Waals surface area contributed by atoms with E-state index in [1.54, 1.807) is 0 Å². The molecule has 1 aliphatic heterocycles. The van der Waals surface area contributed by atoms with E-state index in [1.807, 2.05) is 36.4 Å². The molecule has 4 rings (SSSR count). The third kappa shape index (κ3) is 4.90. The number of hydrogen-bond acceptors (Lipinski definition) is 4. The number of carbonyl (C=O) groups is 2. The highest BCUT2D eigenvalue weighted by Crippen LogP contribution is 2.28. The number of benzene rings is 2. The van der Waals surface area contributed by atoms with Crippen molar-refractivity contribution in [3.63, 3.8) is 0 Å². The van der Waals surface area contributed by atoms with Crippen molar-refractivity contribution in [2.75, 3.05) is 41.3 Å². The molecule has 0 bridgehead atoms. The second kappa shape index (κ2) is 9.25. The van der Waals surface area contributed by atoms with E-state index >= 15 is 0 Å². The minimum atomic E-state index is -0.912. The van der Waals surface area contributed by atoms with Gasteiger partial charge in [0.1, 0.15) is 0 Å². The molecule has 1 aliphatic carbocycles. The Labute approximate surface area is 183 Å². The number of aryl methyl sites for hydroxylation is 1. The normalized spacial score (nSPS) is 21.1. The molecular formula is C25H29N3O3. The molecule has 2 aromatic carbocycles. The summed E-state index contributed by atoms with van der Waals surface area (Å²) in [4.78, 5) is 28.9. The summed E-state index contributed by atoms with van der Waals surface area (Å²) >= 11 is 0. The number of allylic oxidation sites excluding steroid dienone is 2. The van der Waals surface area contributed by atoms with Gasteiger partial charge in [0.15, 0.2) is 0 Å². The molecule has 162 valence electrons. The van der Waals surface area contributed by atoms with E-state index in [2.05, 4.69) is 46.3 Å². The Balaban J connectivity index is 1.34. The van der Waals surface area contributed by atoms with Gasteiger partial charge in [0.05, 0.1) is 11.8 Å². The fourth-order valence-corrected chi connectivity index (χ4v) is 4.41. The number of hydrogen-bond donors (Lipinski definition) is 2. The van der Waals surface area contributed by atoms with E-state index in [0.29, 0.717) is 18.5 Å². The van der Waals surface area contributed by atoms with Crippen LogP contribution in [0.15, 0.2) is 60.7 Å². The van der Waals surface area contributed by atoms with Gasteiger partial charge in [-0.05, 0) is 61.7 Å². The van der Waals surface area contributed by atoms with Crippen LogP contribution < -0.4 is 15.1 Å². The smallest absolute Gasteiger partial charge is 0.307 e. The molecule has 0 spiro atoms. The molecule has 2 N–H and O–H groups in total. The molecule has 2 aromatic rings. The van der Waals surface area contributed by atoms with Gasteiger partial charge in [-0.15, -0.1) is 0 Å². The van der Waals surface area contributed by atoms with Crippen molar-refractivity contribution in [2.24, 2.45) is 11.8 Å². The maximum Gasteiger partial charge on any atom is 0.307 e. The lowest BCUT2D eigenvalue weighted by Crippen LogP contribution is -2.46. The van der Waals surface area contributed by atoms with E-state index in [0.717, 1.165) is 31.9 Å². The summed E-state index contributed by atoms with van der Waals surface area (Å²) in [6.07, 6.45) is 4.60. The Hall–Kier alpha value is -3.28. The molecule has 0 saturated carbocycles. The molecule has 0 radical (unpaired) electrons. The van der Waals surface area contributed by atoms with Gasteiger partial charge < -0.3 is 20.2 Å². The van der Waals surface area contributed by atoms with Gasteiger partial charge in [-0.1, -0.05) is 24.3 Å². The van der Waals surface area contributed by atoms with Gasteiger partial charge >= 0.3 is 5.97 Å². The summed E-state index contributed by atoms with van der Waals surface area (Å²) < 4.78 is 0. The number of aliphatic carboxylic acids is 1. The summed E-state index contributed by atoms with van der Waals surface area (Å²) in [6.45, 7) is 5.93. The van der Waals surface area contributed by atoms with Gasteiger partial charge in [-0.2, -0.15) is 0 Å². The Morgan fingerprint density at radius 3 is 2.10 bits per heavy atom. The van der Waals surface area contributed by atoms with Crippen LogP contribution in [0.1, 0.15) is 18.4 Å². The number of piperazine rings is 1. The predicted molar refractivity (Wildman–Crippen MR) is 124 cm³/mol. The van der Waals surface area contributed by atoms with Gasteiger partial charge in [0.2, 0.25) is 5.91 Å². The second-order valence-corrected chi connectivity index (χ2v) is 8.34. The van der Waals surface area contributed by atoms with Crippen LogP contribution in [0.25, 0.3) is 0 Å². The van der Waals surface area contributed by atoms with Crippen molar-refractivity contribution < 1.29 is 14.7 Å². The zero-order valence-electron chi connectivity index (χ0n) is 17.8. The zero-order chi connectivity index (χ0) is 21.8. The molecular weight excluding hydrogens is 390 g/mol. The van der Waals surface area contributed by atoms with Crippen LogP contribution in [0.5, 0.6) is 0 Å². The summed E-state index contributed by atoms with van der Waals surface area (Å²) in [6, 6.07) is 16.4. The number of amides is 1. The van der Waals surface area contributed by atoms with Gasteiger partial charge in [-0.3, -0.25) is 9.59 Å². The van der Waals surface area contributed by atoms with Crippen LogP contribution in [-0.2, 0) is 9.59 Å². The number of rotatable bonds is 5. The highest BCUT2D eigenvalue weighted by Gasteiger charge is 2.34. The van der Waals surface area contributed by atoms with Crippen LogP contribution in [0, 0.1) is 18.8 Å². The third-order valence-corrected chi connectivity index (χ3v) is 6.23. The summed E-state index contributed by atoms with van der Waals surface area (Å²) in [5, 5.41) is 12.3. The lowest BCUT2D eigenvalue weighted by atomic mass is 9.82. The van der Waals surface area contributed by atoms with Crippen molar-refractivity contribution in [2.45, 2.75) is 19.8 Å². The average molecular weight is 420 g/mol. The standard InChI is InChI=1S/C25H29N3O3/c1-18-5-4-6-21(17-18)28-15-13-27(14-16-28)20-11-9-19(10-12-20)26-24(29)22-7-2-3-8-23(22)25(30)31/h2-6,9-12,17,22-23H,7-8,13-16H2,1H3,(H,26,29)(H,30,31)/t22-,23+/m0/s1. The Kier molecular flexibility index (Phi) is 6.26. The van der Waals surface area contributed by atoms with Crippen molar-refractivity contribution >= 4 is 28.9 Å². The average Bonchev–Trinajstić information content (AvgIpc) is 2.79. The SMILES string of the molecule is Cc1cccc(N2CCN(c3ccc(NC(=O)[C@H]4CC=CC[C@H]4C(=O)O)cc3)CC2)c1. The van der Waals surface area contributed by atoms with Crippen LogP contribution in [0.3, 0.4) is 0 Å². The molecule has 0 aromatic heterocycles. The number of carboxylic acids is 1. The number of carbonyl (C=O) groups excluding carboxylic acids is 1. The number of nitrogens with zero attached hydrogens (tertiary/aromatic N) is 2. The quantitative estimate of drug-likeness (QED) is 0.719. The highest BCUT2D eigenvalue weighted by atomic mass is 16.4. The fourth-order valence-electron chi connectivity index (χ4n) is 4.41. The summed E-state index contributed by atoms with van der Waals surface area (Å²) in [5.41, 5.74) is 4.38. The molecule has 2 atom stereocenters. The fraction of sp³-hybridized carbons (Fsp3) is 0.360. The van der Waals surface area contributed by atoms with E-state index < -0.39 is 17.8 Å². The van der Waals surface area contributed by atoms with Crippen LogP contribution in [0.2, 0.25) is 0 Å². The van der Waals surface area contributed by atoms with E-state index in [1.165, 1.54) is 11.3 Å². The van der Waals surface area contributed by atoms with Gasteiger partial charge in [-0.25, -0.2) is 0 Å². The molecule has 1 fully saturated rings. The second-order valence-electron chi connectivity index (χ2n) is 8.34. The van der Waals surface area contributed by atoms with E-state index in [4.69, 9.17) is 0 Å².